The Morgan fingerprint density at radius 3 is 0.740 bits per heavy atom. The second-order valence-electron chi connectivity index (χ2n) is 14.1. The fourth-order valence-corrected chi connectivity index (χ4v) is 13.1. The highest BCUT2D eigenvalue weighted by Gasteiger charge is 2.30. The van der Waals surface area contributed by atoms with Crippen LogP contribution in [0.3, 0.4) is 0 Å². The zero-order valence-electron chi connectivity index (χ0n) is 27.2. The van der Waals surface area contributed by atoms with Crippen LogP contribution in [0.4, 0.5) is 0 Å². The van der Waals surface area contributed by atoms with Crippen molar-refractivity contribution in [3.63, 3.8) is 0 Å². The minimum absolute atomic E-state index is 1.28. The van der Waals surface area contributed by atoms with E-state index in [1.807, 2.05) is 0 Å². The molecule has 0 N–H and O–H groups in total. The number of hydrogen-bond acceptors (Lipinski definition) is 0. The van der Waals surface area contributed by atoms with E-state index in [0.717, 1.165) is 0 Å². The van der Waals surface area contributed by atoms with Crippen molar-refractivity contribution >= 4 is 126 Å². The Bertz CT molecular complexity index is 2990. The third kappa shape index (κ3) is 3.28. The standard InChI is InChI=1S/C49H29P/c1-50(41-26-20-35-14-11-29-5-2-8-32-17-23-38(41)47(35)44(29)32,42-27-21-36-15-12-30-6-3-9-33-18-24-39(42)48(36)45(30)33)43-28-22-37-16-13-31-7-4-10-34-19-25-40(43)49(37)46(31)34/h2-28H,1H2. The van der Waals surface area contributed by atoms with Crippen molar-refractivity contribution in [2.45, 2.75) is 0 Å². The van der Waals surface area contributed by atoms with Crippen molar-refractivity contribution in [1.82, 2.24) is 0 Å². The van der Waals surface area contributed by atoms with E-state index < -0.39 is 6.89 Å². The normalized spacial score (nSPS) is 12.9. The van der Waals surface area contributed by atoms with E-state index in [-0.39, 0.29) is 0 Å². The van der Waals surface area contributed by atoms with Crippen LogP contribution in [-0.2, 0) is 0 Å². The molecule has 0 aromatic heterocycles. The molecule has 12 aromatic carbocycles. The van der Waals surface area contributed by atoms with E-state index in [0.29, 0.717) is 0 Å². The lowest BCUT2D eigenvalue weighted by Crippen LogP contribution is -2.27. The molecule has 0 spiro atoms. The Balaban J connectivity index is 1.30. The van der Waals surface area contributed by atoms with Gasteiger partial charge in [-0.25, -0.2) is 0 Å². The van der Waals surface area contributed by atoms with E-state index in [4.69, 9.17) is 6.30 Å². The summed E-state index contributed by atoms with van der Waals surface area (Å²) in [7, 11) is 0. The lowest BCUT2D eigenvalue weighted by molar-refractivity contribution is 1.79. The fraction of sp³-hybridized carbons (Fsp3) is 0. The zero-order chi connectivity index (χ0) is 32.7. The first-order chi connectivity index (χ1) is 24.7. The monoisotopic (exact) mass is 648 g/mol. The molecule has 0 saturated heterocycles. The van der Waals surface area contributed by atoms with Gasteiger partial charge in [0.25, 0.3) is 0 Å². The average Bonchev–Trinajstić information content (AvgIpc) is 3.17. The van der Waals surface area contributed by atoms with Crippen LogP contribution in [0.25, 0.3) is 97.0 Å². The smallest absolute Gasteiger partial charge is 0.00202 e. The SMILES string of the molecule is C=P(c1ccc2ccc3cccc4ccc1c2c34)(c1ccc2ccc3cccc4ccc1c2c34)c1ccc2ccc3cccc4ccc1c2c34. The van der Waals surface area contributed by atoms with Crippen LogP contribution in [0, 0.1) is 0 Å². The van der Waals surface area contributed by atoms with Crippen LogP contribution in [0.15, 0.2) is 164 Å². The number of hydrogen-bond donors (Lipinski definition) is 0. The van der Waals surface area contributed by atoms with Crippen molar-refractivity contribution < 1.29 is 0 Å². The molecule has 0 amide bonds. The number of benzene rings is 12. The van der Waals surface area contributed by atoms with Crippen LogP contribution < -0.4 is 15.9 Å². The molecule has 12 aromatic rings. The van der Waals surface area contributed by atoms with Crippen molar-refractivity contribution in [3.8, 4) is 0 Å². The van der Waals surface area contributed by atoms with Crippen molar-refractivity contribution in [2.75, 3.05) is 0 Å². The molecule has 12 rings (SSSR count). The average molecular weight is 649 g/mol. The van der Waals surface area contributed by atoms with Crippen LogP contribution in [0.2, 0.25) is 0 Å². The molecule has 0 atom stereocenters. The van der Waals surface area contributed by atoms with Gasteiger partial charge < -0.3 is 0 Å². The molecule has 0 radical (unpaired) electrons. The Morgan fingerprint density at radius 2 is 0.460 bits per heavy atom. The van der Waals surface area contributed by atoms with Crippen molar-refractivity contribution in [2.24, 2.45) is 0 Å². The van der Waals surface area contributed by atoms with Gasteiger partial charge in [-0.2, -0.15) is 0 Å². The summed E-state index contributed by atoms with van der Waals surface area (Å²) in [6, 6.07) is 62.2. The second-order valence-corrected chi connectivity index (χ2v) is 17.2. The van der Waals surface area contributed by atoms with Gasteiger partial charge in [0.1, 0.15) is 0 Å². The molecule has 0 aliphatic carbocycles. The maximum absolute atomic E-state index is 5.54. The van der Waals surface area contributed by atoms with Crippen LogP contribution in [0.1, 0.15) is 0 Å². The number of rotatable bonds is 3. The van der Waals surface area contributed by atoms with Gasteiger partial charge in [-0.3, -0.25) is 0 Å². The van der Waals surface area contributed by atoms with Gasteiger partial charge in [-0.15, -0.1) is 0 Å². The maximum Gasteiger partial charge on any atom is -0.00202 e. The largest absolute Gasteiger partial charge is 0.0886 e. The van der Waals surface area contributed by atoms with Gasteiger partial charge in [-0.1, -0.05) is 170 Å². The zero-order valence-corrected chi connectivity index (χ0v) is 28.1. The molecule has 0 aliphatic rings. The van der Waals surface area contributed by atoms with Crippen LogP contribution >= 0.6 is 6.89 Å². The van der Waals surface area contributed by atoms with E-state index in [9.17, 15) is 0 Å². The molecule has 0 nitrogen and oxygen atoms in total. The predicted octanol–water partition coefficient (Wildman–Crippen LogP) is 12.1. The Hall–Kier alpha value is -5.94. The molecule has 0 bridgehead atoms. The highest BCUT2D eigenvalue weighted by atomic mass is 31.2. The first kappa shape index (κ1) is 26.9. The summed E-state index contributed by atoms with van der Waals surface area (Å²) in [4.78, 5) is 0. The maximum atomic E-state index is 5.54. The Labute approximate surface area is 288 Å². The Morgan fingerprint density at radius 1 is 0.240 bits per heavy atom. The summed E-state index contributed by atoms with van der Waals surface area (Å²) in [6.45, 7) is -2.55. The molecular formula is C49H29P. The minimum atomic E-state index is -2.55. The van der Waals surface area contributed by atoms with E-state index in [2.05, 4.69) is 164 Å². The molecule has 0 fully saturated rings. The van der Waals surface area contributed by atoms with Crippen LogP contribution in [0.5, 0.6) is 0 Å². The summed E-state index contributed by atoms with van der Waals surface area (Å²) in [6.07, 6.45) is 5.54. The minimum Gasteiger partial charge on any atom is -0.0886 e. The lowest BCUT2D eigenvalue weighted by atomic mass is 9.94. The van der Waals surface area contributed by atoms with Gasteiger partial charge >= 0.3 is 0 Å². The highest BCUT2D eigenvalue weighted by Crippen LogP contribution is 2.51. The molecule has 230 valence electrons. The Kier molecular flexibility index (Phi) is 5.06. The molecule has 0 unspecified atom stereocenters. The fourth-order valence-electron chi connectivity index (χ4n) is 9.55. The lowest BCUT2D eigenvalue weighted by Gasteiger charge is -2.32. The van der Waals surface area contributed by atoms with Gasteiger partial charge in [0.2, 0.25) is 0 Å². The molecular weight excluding hydrogens is 620 g/mol. The van der Waals surface area contributed by atoms with E-state index >= 15 is 0 Å². The van der Waals surface area contributed by atoms with Gasteiger partial charge in [0.05, 0.1) is 0 Å². The molecule has 1 heteroatoms. The summed E-state index contributed by atoms with van der Waals surface area (Å²) in [5.74, 6) is 0. The molecule has 0 saturated carbocycles. The first-order valence-corrected chi connectivity index (χ1v) is 19.4. The summed E-state index contributed by atoms with van der Waals surface area (Å²) in [5.41, 5.74) is 0. The quantitative estimate of drug-likeness (QED) is 0.132. The summed E-state index contributed by atoms with van der Waals surface area (Å²) in [5, 5.41) is 27.6. The second kappa shape index (κ2) is 9.39. The first-order valence-electron chi connectivity index (χ1n) is 17.4. The third-order valence-corrected chi connectivity index (χ3v) is 15.4. The van der Waals surface area contributed by atoms with Crippen LogP contribution in [-0.4, -0.2) is 6.30 Å². The van der Waals surface area contributed by atoms with Gasteiger partial charge in [0.15, 0.2) is 0 Å². The summed E-state index contributed by atoms with van der Waals surface area (Å²) >= 11 is 0. The third-order valence-electron chi connectivity index (χ3n) is 11.8. The van der Waals surface area contributed by atoms with E-state index in [1.165, 1.54) is 113 Å². The van der Waals surface area contributed by atoms with E-state index in [1.54, 1.807) is 0 Å². The molecule has 0 aliphatic heterocycles. The van der Waals surface area contributed by atoms with Gasteiger partial charge in [0, 0.05) is 0 Å². The van der Waals surface area contributed by atoms with Gasteiger partial charge in [-0.05, 0) is 120 Å². The van der Waals surface area contributed by atoms with Crippen molar-refractivity contribution in [3.05, 3.63) is 164 Å². The highest BCUT2D eigenvalue weighted by molar-refractivity contribution is 7.94. The predicted molar refractivity (Wildman–Crippen MR) is 223 cm³/mol. The summed E-state index contributed by atoms with van der Waals surface area (Å²) < 4.78 is 0. The topological polar surface area (TPSA) is 0 Å². The molecule has 0 heterocycles. The van der Waals surface area contributed by atoms with Crippen molar-refractivity contribution in [1.29, 1.82) is 0 Å². The molecule has 50 heavy (non-hydrogen) atoms.